The second kappa shape index (κ2) is 8.30. The summed E-state index contributed by atoms with van der Waals surface area (Å²) in [6.45, 7) is 0.837. The summed E-state index contributed by atoms with van der Waals surface area (Å²) in [4.78, 5) is 26.2. The zero-order valence-electron chi connectivity index (χ0n) is 13.6. The third-order valence-electron chi connectivity index (χ3n) is 4.01. The van der Waals surface area contributed by atoms with E-state index < -0.39 is 23.8 Å². The van der Waals surface area contributed by atoms with Crippen LogP contribution in [-0.4, -0.2) is 48.4 Å². The van der Waals surface area contributed by atoms with Crippen molar-refractivity contribution in [2.45, 2.75) is 18.9 Å². The molecule has 0 aromatic heterocycles. The van der Waals surface area contributed by atoms with Crippen molar-refractivity contribution in [3.05, 3.63) is 46.1 Å². The minimum absolute atomic E-state index is 0.0855. The topological polar surface area (TPSA) is 66.8 Å². The van der Waals surface area contributed by atoms with E-state index in [4.69, 9.17) is 9.84 Å². The average molecular weight is 353 g/mol. The molecule has 0 saturated heterocycles. The Bertz CT molecular complexity index is 662. The predicted molar refractivity (Wildman–Crippen MR) is 90.1 cm³/mol. The highest BCUT2D eigenvalue weighted by Gasteiger charge is 2.33. The number of hydrogen-bond acceptors (Lipinski definition) is 5. The molecule has 1 heterocycles. The Kier molecular flexibility index (Phi) is 6.39. The van der Waals surface area contributed by atoms with Crippen LogP contribution in [0.5, 0.6) is 0 Å². The molecular formula is C17H20FNO4S. The first-order valence-electron chi connectivity index (χ1n) is 7.51. The van der Waals surface area contributed by atoms with E-state index in [2.05, 4.69) is 0 Å². The van der Waals surface area contributed by atoms with Gasteiger partial charge in [-0.15, -0.1) is 11.8 Å². The number of esters is 1. The van der Waals surface area contributed by atoms with E-state index in [-0.39, 0.29) is 12.0 Å². The number of carboxylic acid groups (broad SMARTS) is 1. The first-order chi connectivity index (χ1) is 11.5. The minimum Gasteiger partial charge on any atom is -0.481 e. The first-order valence-corrected chi connectivity index (χ1v) is 8.73. The van der Waals surface area contributed by atoms with Crippen molar-refractivity contribution in [1.29, 1.82) is 0 Å². The number of methoxy groups -OCH3 is 1. The first kappa shape index (κ1) is 18.5. The molecule has 0 spiro atoms. The molecule has 0 radical (unpaired) electrons. The molecule has 2 rings (SSSR count). The Balaban J connectivity index is 2.35. The summed E-state index contributed by atoms with van der Waals surface area (Å²) < 4.78 is 19.1. The van der Waals surface area contributed by atoms with Gasteiger partial charge in [0, 0.05) is 18.7 Å². The van der Waals surface area contributed by atoms with Crippen LogP contribution in [0, 0.1) is 5.82 Å². The number of carbonyl (C=O) groups excluding carboxylic acids is 1. The fourth-order valence-electron chi connectivity index (χ4n) is 2.92. The number of benzene rings is 1. The predicted octanol–water partition coefficient (Wildman–Crippen LogP) is 2.84. The number of aliphatic carboxylic acids is 1. The van der Waals surface area contributed by atoms with Gasteiger partial charge in [-0.2, -0.15) is 0 Å². The van der Waals surface area contributed by atoms with Gasteiger partial charge in [0.15, 0.2) is 0 Å². The number of hydrogen-bond donors (Lipinski definition) is 1. The Hall–Kier alpha value is -1.86. The van der Waals surface area contributed by atoms with Crippen LogP contribution in [0.2, 0.25) is 0 Å². The minimum atomic E-state index is -0.918. The van der Waals surface area contributed by atoms with Gasteiger partial charge in [-0.05, 0) is 29.2 Å². The molecule has 1 aromatic rings. The number of ether oxygens (including phenoxy) is 1. The number of thioether (sulfide) groups is 1. The zero-order valence-corrected chi connectivity index (χ0v) is 14.4. The van der Waals surface area contributed by atoms with E-state index in [1.54, 1.807) is 23.1 Å². The third kappa shape index (κ3) is 4.15. The normalized spacial score (nSPS) is 16.8. The van der Waals surface area contributed by atoms with Gasteiger partial charge in [0.05, 0.1) is 13.5 Å². The molecule has 1 aliphatic rings. The van der Waals surface area contributed by atoms with Gasteiger partial charge < -0.3 is 9.84 Å². The van der Waals surface area contributed by atoms with Crippen LogP contribution in [0.15, 0.2) is 34.7 Å². The highest BCUT2D eigenvalue weighted by atomic mass is 32.2. The molecule has 7 heteroatoms. The van der Waals surface area contributed by atoms with E-state index >= 15 is 0 Å². The van der Waals surface area contributed by atoms with E-state index in [1.807, 2.05) is 6.26 Å². The molecule has 24 heavy (non-hydrogen) atoms. The van der Waals surface area contributed by atoms with Crippen molar-refractivity contribution in [2.75, 3.05) is 26.5 Å². The maximum absolute atomic E-state index is 14.2. The number of halogens is 1. The lowest BCUT2D eigenvalue weighted by Crippen LogP contribution is -2.40. The SMILES string of the molecule is COC(=O)[C@H](c1ccccc1F)N1CCC(SC)=C(CC(=O)O)C1. The molecule has 0 aliphatic carbocycles. The van der Waals surface area contributed by atoms with Crippen LogP contribution < -0.4 is 0 Å². The van der Waals surface area contributed by atoms with Crippen molar-refractivity contribution in [3.8, 4) is 0 Å². The number of rotatable bonds is 6. The fraction of sp³-hybridized carbons (Fsp3) is 0.412. The molecule has 0 saturated carbocycles. The summed E-state index contributed by atoms with van der Waals surface area (Å²) in [6.07, 6.45) is 2.45. The fourth-order valence-corrected chi connectivity index (χ4v) is 3.64. The van der Waals surface area contributed by atoms with E-state index in [9.17, 15) is 14.0 Å². The summed E-state index contributed by atoms with van der Waals surface area (Å²) in [6, 6.07) is 5.20. The summed E-state index contributed by atoms with van der Waals surface area (Å²) in [7, 11) is 1.27. The van der Waals surface area contributed by atoms with Crippen LogP contribution in [0.4, 0.5) is 4.39 Å². The smallest absolute Gasteiger partial charge is 0.327 e. The van der Waals surface area contributed by atoms with Gasteiger partial charge in [0.1, 0.15) is 11.9 Å². The van der Waals surface area contributed by atoms with E-state index in [0.29, 0.717) is 19.5 Å². The summed E-state index contributed by atoms with van der Waals surface area (Å²) in [5.74, 6) is -1.95. The standard InChI is InChI=1S/C17H20FNO4S/c1-23-17(22)16(12-5-3-4-6-13(12)18)19-8-7-14(24-2)11(10-19)9-15(20)21/h3-6,16H,7-10H2,1-2H3,(H,20,21)/t16-/m0/s1. The Morgan fingerprint density at radius 2 is 2.12 bits per heavy atom. The lowest BCUT2D eigenvalue weighted by Gasteiger charge is -2.35. The summed E-state index contributed by atoms with van der Waals surface area (Å²) in [5, 5.41) is 9.11. The van der Waals surface area contributed by atoms with Crippen molar-refractivity contribution >= 4 is 23.7 Å². The Morgan fingerprint density at radius 3 is 2.71 bits per heavy atom. The summed E-state index contributed by atoms with van der Waals surface area (Å²) in [5.41, 5.74) is 0.998. The van der Waals surface area contributed by atoms with Gasteiger partial charge >= 0.3 is 11.9 Å². The Labute approximate surface area is 144 Å². The third-order valence-corrected chi connectivity index (χ3v) is 5.00. The van der Waals surface area contributed by atoms with Crippen LogP contribution >= 0.6 is 11.8 Å². The highest BCUT2D eigenvalue weighted by Crippen LogP contribution is 2.34. The average Bonchev–Trinajstić information content (AvgIpc) is 2.56. The summed E-state index contributed by atoms with van der Waals surface area (Å²) >= 11 is 1.52. The zero-order chi connectivity index (χ0) is 17.7. The van der Waals surface area contributed by atoms with E-state index in [1.165, 1.54) is 24.9 Å². The van der Waals surface area contributed by atoms with Gasteiger partial charge in [-0.1, -0.05) is 18.2 Å². The molecule has 1 N–H and O–H groups in total. The number of nitrogens with zero attached hydrogens (tertiary/aromatic N) is 1. The van der Waals surface area contributed by atoms with Crippen molar-refractivity contribution in [1.82, 2.24) is 4.90 Å². The van der Waals surface area contributed by atoms with Crippen LogP contribution in [-0.2, 0) is 14.3 Å². The molecule has 130 valence electrons. The largest absolute Gasteiger partial charge is 0.481 e. The number of carboxylic acids is 1. The molecule has 0 amide bonds. The van der Waals surface area contributed by atoms with Crippen molar-refractivity contribution in [2.24, 2.45) is 0 Å². The molecule has 1 aromatic carbocycles. The lowest BCUT2D eigenvalue weighted by molar-refractivity contribution is -0.147. The quantitative estimate of drug-likeness (QED) is 0.794. The maximum atomic E-state index is 14.2. The van der Waals surface area contributed by atoms with Gasteiger partial charge in [-0.25, -0.2) is 9.18 Å². The lowest BCUT2D eigenvalue weighted by atomic mass is 9.99. The second-order valence-electron chi connectivity index (χ2n) is 5.47. The molecule has 0 unspecified atom stereocenters. The molecular weight excluding hydrogens is 333 g/mol. The van der Waals surface area contributed by atoms with Crippen molar-refractivity contribution < 1.29 is 23.8 Å². The second-order valence-corrected chi connectivity index (χ2v) is 6.37. The number of carbonyl (C=O) groups is 2. The monoisotopic (exact) mass is 353 g/mol. The van der Waals surface area contributed by atoms with Gasteiger partial charge in [0.25, 0.3) is 0 Å². The highest BCUT2D eigenvalue weighted by molar-refractivity contribution is 8.02. The molecule has 5 nitrogen and oxygen atoms in total. The molecule has 1 aliphatic heterocycles. The molecule has 0 bridgehead atoms. The van der Waals surface area contributed by atoms with Gasteiger partial charge in [0.2, 0.25) is 0 Å². The van der Waals surface area contributed by atoms with E-state index in [0.717, 1.165) is 10.5 Å². The van der Waals surface area contributed by atoms with Crippen molar-refractivity contribution in [3.63, 3.8) is 0 Å². The van der Waals surface area contributed by atoms with Crippen LogP contribution in [0.3, 0.4) is 0 Å². The van der Waals surface area contributed by atoms with Crippen LogP contribution in [0.25, 0.3) is 0 Å². The maximum Gasteiger partial charge on any atom is 0.327 e. The van der Waals surface area contributed by atoms with Gasteiger partial charge in [-0.3, -0.25) is 9.69 Å². The van der Waals surface area contributed by atoms with Crippen LogP contribution in [0.1, 0.15) is 24.4 Å². The molecule has 1 atom stereocenters. The Morgan fingerprint density at radius 1 is 1.42 bits per heavy atom. The molecule has 0 fully saturated rings.